The molecule has 0 spiro atoms. The summed E-state index contributed by atoms with van der Waals surface area (Å²) in [6.45, 7) is 7.31. The van der Waals surface area contributed by atoms with Crippen molar-refractivity contribution in [2.75, 3.05) is 11.9 Å². The van der Waals surface area contributed by atoms with Crippen LogP contribution >= 0.6 is 11.6 Å². The summed E-state index contributed by atoms with van der Waals surface area (Å²) in [5.41, 5.74) is 3.07. The number of aliphatic imine (C=N–C) groups is 2. The number of nitrogens with one attached hydrogen (secondary N) is 1. The average molecular weight is 483 g/mol. The summed E-state index contributed by atoms with van der Waals surface area (Å²) in [5, 5.41) is 24.3. The van der Waals surface area contributed by atoms with E-state index >= 15 is 0 Å². The van der Waals surface area contributed by atoms with Crippen LogP contribution in [0.3, 0.4) is 0 Å². The van der Waals surface area contributed by atoms with Crippen LogP contribution in [0.1, 0.15) is 55.1 Å². The molecule has 0 saturated carbocycles. The number of fused-ring (bicyclic) bond motifs is 1. The molecule has 1 aromatic heterocycles. The molecule has 4 rings (SSSR count). The maximum atomic E-state index is 14.6. The van der Waals surface area contributed by atoms with Crippen molar-refractivity contribution < 1.29 is 14.6 Å². The van der Waals surface area contributed by atoms with Gasteiger partial charge in [0.1, 0.15) is 11.4 Å². The van der Waals surface area contributed by atoms with Crippen molar-refractivity contribution in [3.63, 3.8) is 0 Å². The van der Waals surface area contributed by atoms with E-state index in [-0.39, 0.29) is 18.3 Å². The monoisotopic (exact) mass is 482 g/mol. The van der Waals surface area contributed by atoms with Gasteiger partial charge < -0.3 is 15.5 Å². The van der Waals surface area contributed by atoms with Crippen molar-refractivity contribution in [1.29, 1.82) is 0 Å². The van der Waals surface area contributed by atoms with Crippen LogP contribution in [0.5, 0.6) is 0 Å². The summed E-state index contributed by atoms with van der Waals surface area (Å²) in [7, 11) is 0. The van der Waals surface area contributed by atoms with E-state index in [0.29, 0.717) is 39.9 Å². The molecule has 0 saturated heterocycles. The van der Waals surface area contributed by atoms with Gasteiger partial charge >= 0.3 is 0 Å². The predicted molar refractivity (Wildman–Crippen MR) is 136 cm³/mol. The van der Waals surface area contributed by atoms with Crippen LogP contribution in [0.25, 0.3) is 10.9 Å². The first kappa shape index (κ1) is 24.3. The molecule has 3 aromatic rings. The fourth-order valence-corrected chi connectivity index (χ4v) is 4.24. The molecule has 0 radical (unpaired) electrons. The van der Waals surface area contributed by atoms with Crippen LogP contribution in [0, 0.1) is 12.7 Å². The topological polar surface area (TPSA) is 90.1 Å². The molecule has 0 bridgehead atoms. The molecule has 178 valence electrons. The molecule has 2 atom stereocenters. The van der Waals surface area contributed by atoms with E-state index in [2.05, 4.69) is 20.3 Å². The second-order valence-corrected chi connectivity index (χ2v) is 9.53. The maximum Gasteiger partial charge on any atom is 0.154 e. The second kappa shape index (κ2) is 9.41. The van der Waals surface area contributed by atoms with Crippen LogP contribution in [0.2, 0.25) is 5.02 Å². The summed E-state index contributed by atoms with van der Waals surface area (Å²) < 4.78 is 14.6. The Bertz CT molecular complexity index is 1300. The third-order valence-corrected chi connectivity index (χ3v) is 6.44. The third-order valence-electron chi connectivity index (χ3n) is 5.98. The SMILES string of the molecule is Cc1nc2ccc(C3C=NC(C(C)(C)O)=NC3)cc2c(N[C@H](C)c2cc(CO)ccc2F)c1Cl. The Morgan fingerprint density at radius 1 is 1.24 bits per heavy atom. The number of anilines is 1. The van der Waals surface area contributed by atoms with Gasteiger partial charge in [0.15, 0.2) is 5.84 Å². The van der Waals surface area contributed by atoms with Gasteiger partial charge in [-0.05, 0) is 63.1 Å². The normalized spacial score (nSPS) is 17.1. The highest BCUT2D eigenvalue weighted by molar-refractivity contribution is 6.35. The predicted octanol–water partition coefficient (Wildman–Crippen LogP) is 5.34. The van der Waals surface area contributed by atoms with Crippen molar-refractivity contribution >= 4 is 40.2 Å². The third kappa shape index (κ3) is 4.82. The van der Waals surface area contributed by atoms with Gasteiger partial charge in [-0.25, -0.2) is 9.38 Å². The Morgan fingerprint density at radius 2 is 2.00 bits per heavy atom. The van der Waals surface area contributed by atoms with Crippen LogP contribution in [0.4, 0.5) is 10.1 Å². The zero-order chi connectivity index (χ0) is 24.6. The summed E-state index contributed by atoms with van der Waals surface area (Å²) in [4.78, 5) is 13.4. The Morgan fingerprint density at radius 3 is 2.65 bits per heavy atom. The van der Waals surface area contributed by atoms with Gasteiger partial charge in [0, 0.05) is 23.1 Å². The number of benzene rings is 2. The smallest absolute Gasteiger partial charge is 0.154 e. The molecule has 0 aliphatic carbocycles. The summed E-state index contributed by atoms with van der Waals surface area (Å²) in [6, 6.07) is 10.1. The van der Waals surface area contributed by atoms with Gasteiger partial charge in [-0.1, -0.05) is 23.7 Å². The standard InChI is InChI=1S/C26H28ClFN4O2/c1-14(19-9-16(13-33)5-7-21(19)28)32-24-20-10-17(6-8-22(20)31-15(2)23(24)27)18-11-29-25(30-12-18)26(3,4)34/h5-11,14,18,33-34H,12-13H2,1-4H3,(H,31,32)/t14-,18?/m1/s1. The molecular weight excluding hydrogens is 455 g/mol. The Labute approximate surface area is 203 Å². The Balaban J connectivity index is 1.72. The number of aryl methyl sites for hydroxylation is 1. The maximum absolute atomic E-state index is 14.6. The number of hydrogen-bond donors (Lipinski definition) is 3. The van der Waals surface area contributed by atoms with Gasteiger partial charge in [-0.15, -0.1) is 0 Å². The zero-order valence-corrected chi connectivity index (χ0v) is 20.4. The van der Waals surface area contributed by atoms with Crippen LogP contribution in [-0.4, -0.2) is 39.4 Å². The summed E-state index contributed by atoms with van der Waals surface area (Å²) >= 11 is 6.67. The molecular formula is C26H28ClFN4O2. The summed E-state index contributed by atoms with van der Waals surface area (Å²) in [5.74, 6) is -0.00397. The molecule has 2 aromatic carbocycles. The minimum atomic E-state index is -1.09. The molecule has 1 aliphatic heterocycles. The van der Waals surface area contributed by atoms with E-state index in [1.807, 2.05) is 32.0 Å². The number of nitrogens with zero attached hydrogens (tertiary/aromatic N) is 3. The molecule has 1 unspecified atom stereocenters. The second-order valence-electron chi connectivity index (χ2n) is 9.15. The van der Waals surface area contributed by atoms with E-state index in [4.69, 9.17) is 11.6 Å². The van der Waals surface area contributed by atoms with Gasteiger partial charge in [-0.2, -0.15) is 0 Å². The lowest BCUT2D eigenvalue weighted by molar-refractivity contribution is 0.152. The molecule has 6 nitrogen and oxygen atoms in total. The quantitative estimate of drug-likeness (QED) is 0.442. The minimum absolute atomic E-state index is 0.0560. The fourth-order valence-electron chi connectivity index (χ4n) is 4.05. The Hall–Kier alpha value is -2.87. The van der Waals surface area contributed by atoms with Crippen LogP contribution in [0.15, 0.2) is 46.4 Å². The van der Waals surface area contributed by atoms with E-state index in [0.717, 1.165) is 16.5 Å². The highest BCUT2D eigenvalue weighted by Gasteiger charge is 2.25. The molecule has 1 aliphatic rings. The lowest BCUT2D eigenvalue weighted by Gasteiger charge is -2.23. The number of hydrogen-bond acceptors (Lipinski definition) is 6. The Kier molecular flexibility index (Phi) is 6.71. The summed E-state index contributed by atoms with van der Waals surface area (Å²) in [6.07, 6.45) is 1.80. The number of rotatable bonds is 6. The first-order valence-electron chi connectivity index (χ1n) is 11.2. The largest absolute Gasteiger partial charge is 0.392 e. The fraction of sp³-hybridized carbons (Fsp3) is 0.346. The first-order chi connectivity index (χ1) is 16.1. The number of aromatic nitrogens is 1. The van der Waals surface area contributed by atoms with Crippen LogP contribution in [-0.2, 0) is 6.61 Å². The minimum Gasteiger partial charge on any atom is -0.392 e. The van der Waals surface area contributed by atoms with Gasteiger partial charge in [0.2, 0.25) is 0 Å². The number of amidine groups is 1. The number of aliphatic hydroxyl groups is 2. The van der Waals surface area contributed by atoms with Gasteiger partial charge in [-0.3, -0.25) is 9.98 Å². The molecule has 2 heterocycles. The lowest BCUT2D eigenvalue weighted by Crippen LogP contribution is -2.32. The molecule has 34 heavy (non-hydrogen) atoms. The van der Waals surface area contributed by atoms with Crippen molar-refractivity contribution in [2.24, 2.45) is 9.98 Å². The molecule has 0 fully saturated rings. The zero-order valence-electron chi connectivity index (χ0n) is 19.6. The van der Waals surface area contributed by atoms with Crippen molar-refractivity contribution in [1.82, 2.24) is 4.98 Å². The van der Waals surface area contributed by atoms with E-state index < -0.39 is 11.6 Å². The lowest BCUT2D eigenvalue weighted by atomic mass is 9.96. The number of aliphatic hydroxyl groups excluding tert-OH is 1. The van der Waals surface area contributed by atoms with Crippen molar-refractivity contribution in [3.8, 4) is 0 Å². The average Bonchev–Trinajstić information content (AvgIpc) is 2.81. The molecule has 0 amide bonds. The van der Waals surface area contributed by atoms with Crippen molar-refractivity contribution in [2.45, 2.75) is 51.9 Å². The van der Waals surface area contributed by atoms with Crippen LogP contribution < -0.4 is 5.32 Å². The molecule has 8 heteroatoms. The molecule has 3 N–H and O–H groups in total. The van der Waals surface area contributed by atoms with Crippen molar-refractivity contribution in [3.05, 3.63) is 69.6 Å². The van der Waals surface area contributed by atoms with E-state index in [1.165, 1.54) is 6.07 Å². The van der Waals surface area contributed by atoms with E-state index in [1.54, 1.807) is 32.2 Å². The highest BCUT2D eigenvalue weighted by Crippen LogP contribution is 2.37. The highest BCUT2D eigenvalue weighted by atomic mass is 35.5. The van der Waals surface area contributed by atoms with E-state index in [9.17, 15) is 14.6 Å². The number of pyridine rings is 1. The first-order valence-corrected chi connectivity index (χ1v) is 11.5. The van der Waals surface area contributed by atoms with Gasteiger partial charge in [0.05, 0.1) is 41.1 Å². The van der Waals surface area contributed by atoms with Gasteiger partial charge in [0.25, 0.3) is 0 Å². The number of halogens is 2.